The van der Waals surface area contributed by atoms with E-state index in [0.717, 1.165) is 31.4 Å². The summed E-state index contributed by atoms with van der Waals surface area (Å²) in [5.41, 5.74) is 3.90. The quantitative estimate of drug-likeness (QED) is 0.192. The largest absolute Gasteiger partial charge is 0.416 e. The number of alkyl halides is 3. The fourth-order valence-electron chi connectivity index (χ4n) is 3.25. The van der Waals surface area contributed by atoms with Crippen molar-refractivity contribution in [2.24, 2.45) is 5.92 Å². The van der Waals surface area contributed by atoms with Gasteiger partial charge in [0.05, 0.1) is 24.6 Å². The van der Waals surface area contributed by atoms with Gasteiger partial charge in [-0.3, -0.25) is 30.4 Å². The van der Waals surface area contributed by atoms with Crippen LogP contribution in [0.25, 0.3) is 0 Å². The molecule has 8 nitrogen and oxygen atoms in total. The number of hydroxylamine groups is 2. The lowest BCUT2D eigenvalue weighted by atomic mass is 10.0. The molecule has 0 aliphatic heterocycles. The van der Waals surface area contributed by atoms with Crippen molar-refractivity contribution < 1.29 is 28.0 Å². The number of unbranched alkanes of at least 4 members (excludes halogenated alkanes) is 2. The maximum Gasteiger partial charge on any atom is 0.416 e. The van der Waals surface area contributed by atoms with Gasteiger partial charge in [0.25, 0.3) is 5.56 Å². The summed E-state index contributed by atoms with van der Waals surface area (Å²) < 4.78 is 40.0. The molecule has 2 aromatic rings. The van der Waals surface area contributed by atoms with Crippen LogP contribution in [0.3, 0.4) is 0 Å². The highest BCUT2D eigenvalue weighted by molar-refractivity contribution is 5.80. The number of anilines is 1. The first-order valence-corrected chi connectivity index (χ1v) is 10.5. The minimum Gasteiger partial charge on any atom is -0.309 e. The standard InChI is InChI=1S/C22H27F3N4O4/c1-2-3-4-8-17(14-29(33)15-30)20(31)27-26-19-10-6-11-28(21(19)32)13-16-7-5-9-18(12-16)22(23,24)25/h5-7,9-12,15,17,26,33H,2-4,8,13-14H2,1H3,(H,27,31)/t17-/m1/s1. The van der Waals surface area contributed by atoms with Crippen LogP contribution >= 0.6 is 0 Å². The Balaban J connectivity index is 2.09. The third kappa shape index (κ3) is 7.94. The molecule has 1 heterocycles. The smallest absolute Gasteiger partial charge is 0.309 e. The molecule has 0 fully saturated rings. The Bertz CT molecular complexity index is 994. The van der Waals surface area contributed by atoms with E-state index in [1.54, 1.807) is 0 Å². The molecule has 0 spiro atoms. The lowest BCUT2D eigenvalue weighted by molar-refractivity contribution is -0.154. The summed E-state index contributed by atoms with van der Waals surface area (Å²) in [6.45, 7) is 1.71. The number of amides is 2. The van der Waals surface area contributed by atoms with Crippen molar-refractivity contribution in [2.45, 2.75) is 45.3 Å². The maximum absolute atomic E-state index is 12.9. The van der Waals surface area contributed by atoms with E-state index in [9.17, 15) is 32.8 Å². The Morgan fingerprint density at radius 1 is 1.24 bits per heavy atom. The lowest BCUT2D eigenvalue weighted by Crippen LogP contribution is -2.41. The zero-order valence-electron chi connectivity index (χ0n) is 18.1. The van der Waals surface area contributed by atoms with Crippen molar-refractivity contribution in [1.29, 1.82) is 0 Å². The molecule has 0 aliphatic carbocycles. The van der Waals surface area contributed by atoms with E-state index in [1.165, 1.54) is 35.0 Å². The van der Waals surface area contributed by atoms with E-state index >= 15 is 0 Å². The van der Waals surface area contributed by atoms with Gasteiger partial charge in [0, 0.05) is 6.20 Å². The Morgan fingerprint density at radius 3 is 2.67 bits per heavy atom. The van der Waals surface area contributed by atoms with Crippen LogP contribution in [0.1, 0.15) is 43.7 Å². The Morgan fingerprint density at radius 2 is 2.00 bits per heavy atom. The van der Waals surface area contributed by atoms with Crippen LogP contribution in [0.15, 0.2) is 47.4 Å². The van der Waals surface area contributed by atoms with E-state index in [1.807, 2.05) is 6.92 Å². The van der Waals surface area contributed by atoms with E-state index in [2.05, 4.69) is 10.9 Å². The van der Waals surface area contributed by atoms with Gasteiger partial charge in [-0.2, -0.15) is 13.2 Å². The fourth-order valence-corrected chi connectivity index (χ4v) is 3.25. The monoisotopic (exact) mass is 468 g/mol. The van der Waals surface area contributed by atoms with Crippen LogP contribution in [-0.4, -0.2) is 33.7 Å². The predicted octanol–water partition coefficient (Wildman–Crippen LogP) is 3.40. The molecular weight excluding hydrogens is 441 g/mol. The van der Waals surface area contributed by atoms with Gasteiger partial charge in [-0.25, -0.2) is 5.06 Å². The van der Waals surface area contributed by atoms with Gasteiger partial charge in [-0.1, -0.05) is 38.3 Å². The number of pyridine rings is 1. The third-order valence-electron chi connectivity index (χ3n) is 5.00. The van der Waals surface area contributed by atoms with Crippen molar-refractivity contribution in [3.05, 3.63) is 64.1 Å². The molecular formula is C22H27F3N4O4. The molecule has 2 amide bonds. The number of hydrogen-bond donors (Lipinski definition) is 3. The highest BCUT2D eigenvalue weighted by Crippen LogP contribution is 2.29. The Kier molecular flexibility index (Phi) is 9.46. The third-order valence-corrected chi connectivity index (χ3v) is 5.00. The Labute approximate surface area is 188 Å². The van der Waals surface area contributed by atoms with Gasteiger partial charge in [-0.15, -0.1) is 0 Å². The van der Waals surface area contributed by atoms with Crippen molar-refractivity contribution in [2.75, 3.05) is 12.0 Å². The number of hydrogen-bond acceptors (Lipinski definition) is 5. The molecule has 1 atom stereocenters. The SMILES string of the molecule is CCCCC[C@H](CN(O)C=O)C(=O)NNc1cccn(Cc2cccc(C(F)(F)F)c2)c1=O. The molecule has 11 heteroatoms. The molecule has 33 heavy (non-hydrogen) atoms. The Hall–Kier alpha value is -3.34. The average Bonchev–Trinajstić information content (AvgIpc) is 2.78. The van der Waals surface area contributed by atoms with E-state index in [-0.39, 0.29) is 25.2 Å². The molecule has 1 aromatic carbocycles. The van der Waals surface area contributed by atoms with E-state index < -0.39 is 29.1 Å². The lowest BCUT2D eigenvalue weighted by Gasteiger charge is -2.20. The number of carbonyl (C=O) groups is 2. The number of hydrazine groups is 1. The number of carbonyl (C=O) groups excluding carboxylic acids is 2. The van der Waals surface area contributed by atoms with Crippen LogP contribution in [0.4, 0.5) is 18.9 Å². The second-order valence-corrected chi connectivity index (χ2v) is 7.59. The molecule has 3 N–H and O–H groups in total. The summed E-state index contributed by atoms with van der Waals surface area (Å²) in [5, 5.41) is 9.84. The zero-order chi connectivity index (χ0) is 24.4. The van der Waals surface area contributed by atoms with Crippen LogP contribution in [-0.2, 0) is 22.3 Å². The van der Waals surface area contributed by atoms with E-state index in [0.29, 0.717) is 17.0 Å². The number of aromatic nitrogens is 1. The molecule has 0 radical (unpaired) electrons. The predicted molar refractivity (Wildman–Crippen MR) is 115 cm³/mol. The van der Waals surface area contributed by atoms with Crippen molar-refractivity contribution in [3.8, 4) is 0 Å². The van der Waals surface area contributed by atoms with Gasteiger partial charge in [0.1, 0.15) is 5.69 Å². The first-order chi connectivity index (χ1) is 15.7. The van der Waals surface area contributed by atoms with Crippen molar-refractivity contribution >= 4 is 18.0 Å². The fraction of sp³-hybridized carbons (Fsp3) is 0.409. The van der Waals surface area contributed by atoms with Crippen molar-refractivity contribution in [3.63, 3.8) is 0 Å². The summed E-state index contributed by atoms with van der Waals surface area (Å²) in [4.78, 5) is 35.9. The highest BCUT2D eigenvalue weighted by Gasteiger charge is 2.30. The van der Waals surface area contributed by atoms with Gasteiger partial charge >= 0.3 is 6.18 Å². The summed E-state index contributed by atoms with van der Waals surface area (Å²) >= 11 is 0. The molecule has 0 saturated heterocycles. The van der Waals surface area contributed by atoms with Crippen LogP contribution in [0, 0.1) is 5.92 Å². The normalized spacial score (nSPS) is 12.2. The molecule has 180 valence electrons. The number of halogens is 3. The molecule has 0 bridgehead atoms. The first kappa shape index (κ1) is 25.9. The summed E-state index contributed by atoms with van der Waals surface area (Å²) in [6.07, 6.45) is 0.100. The minimum atomic E-state index is -4.49. The van der Waals surface area contributed by atoms with Gasteiger partial charge in [0.2, 0.25) is 12.3 Å². The number of benzene rings is 1. The van der Waals surface area contributed by atoms with E-state index in [4.69, 9.17) is 0 Å². The number of nitrogens with one attached hydrogen (secondary N) is 2. The molecule has 2 rings (SSSR count). The summed E-state index contributed by atoms with van der Waals surface area (Å²) in [6, 6.07) is 7.62. The molecule has 0 aliphatic rings. The van der Waals surface area contributed by atoms with Crippen LogP contribution in [0.5, 0.6) is 0 Å². The maximum atomic E-state index is 12.9. The van der Waals surface area contributed by atoms with Gasteiger partial charge in [0.15, 0.2) is 0 Å². The highest BCUT2D eigenvalue weighted by atomic mass is 19.4. The molecule has 1 aromatic heterocycles. The molecule has 0 unspecified atom stereocenters. The average molecular weight is 468 g/mol. The van der Waals surface area contributed by atoms with Gasteiger partial charge in [-0.05, 0) is 36.2 Å². The summed E-state index contributed by atoms with van der Waals surface area (Å²) in [5.74, 6) is -1.21. The topological polar surface area (TPSA) is 104 Å². The van der Waals surface area contributed by atoms with Gasteiger partial charge < -0.3 is 4.57 Å². The van der Waals surface area contributed by atoms with Crippen LogP contribution < -0.4 is 16.4 Å². The minimum absolute atomic E-state index is 0.0152. The van der Waals surface area contributed by atoms with Crippen molar-refractivity contribution in [1.82, 2.24) is 15.1 Å². The zero-order valence-corrected chi connectivity index (χ0v) is 18.1. The second kappa shape index (κ2) is 12.0. The second-order valence-electron chi connectivity index (χ2n) is 7.59. The summed E-state index contributed by atoms with van der Waals surface area (Å²) in [7, 11) is 0. The van der Waals surface area contributed by atoms with Crippen LogP contribution in [0.2, 0.25) is 0 Å². The number of nitrogens with zero attached hydrogens (tertiary/aromatic N) is 2. The number of rotatable bonds is 12. The molecule has 0 saturated carbocycles. The first-order valence-electron chi connectivity index (χ1n) is 10.5.